The van der Waals surface area contributed by atoms with E-state index < -0.39 is 0 Å². The molecule has 0 aliphatic carbocycles. The number of non-ortho nitro benzene ring substituents is 1. The summed E-state index contributed by atoms with van der Waals surface area (Å²) in [5, 5.41) is 11.6. The lowest BCUT2D eigenvalue weighted by Crippen LogP contribution is -2.34. The number of nitrogens with two attached hydrogens (primary N) is 1. The summed E-state index contributed by atoms with van der Waals surface area (Å²) >= 11 is 0. The van der Waals surface area contributed by atoms with Gasteiger partial charge in [-0.15, -0.1) is 0 Å². The summed E-state index contributed by atoms with van der Waals surface area (Å²) in [5.74, 6) is 0. The van der Waals surface area contributed by atoms with Crippen LogP contribution in [0, 0.1) is 10.1 Å². The molecule has 2 rings (SSSR count). The number of rotatable bonds is 3. The lowest BCUT2D eigenvalue weighted by molar-refractivity contribution is -0.384. The summed E-state index contributed by atoms with van der Waals surface area (Å²) in [7, 11) is 0. The van der Waals surface area contributed by atoms with Gasteiger partial charge in [0.25, 0.3) is 5.69 Å². The van der Waals surface area contributed by atoms with E-state index in [-0.39, 0.29) is 16.1 Å². The first-order valence-electron chi connectivity index (χ1n) is 5.40. The van der Waals surface area contributed by atoms with Gasteiger partial charge in [-0.1, -0.05) is 0 Å². The predicted octanol–water partition coefficient (Wildman–Crippen LogP) is 2.36. The Labute approximate surface area is 98.8 Å². The second-order valence-electron chi connectivity index (χ2n) is 4.97. The Morgan fingerprint density at radius 1 is 1.47 bits per heavy atom. The van der Waals surface area contributed by atoms with Crippen LogP contribution in [0.2, 0.25) is 0 Å². The highest BCUT2D eigenvalue weighted by Crippen LogP contribution is 2.25. The summed E-state index contributed by atoms with van der Waals surface area (Å²) in [6.45, 7) is 3.87. The number of aromatic amines is 1. The van der Waals surface area contributed by atoms with Crippen molar-refractivity contribution in [2.75, 3.05) is 0 Å². The summed E-state index contributed by atoms with van der Waals surface area (Å²) in [5.41, 5.74) is 7.65. The van der Waals surface area contributed by atoms with Crippen LogP contribution < -0.4 is 5.73 Å². The standard InChI is InChI=1S/C12H15N3O2/c1-12(2,13)6-8-7-14-11-4-3-9(15(16)17)5-10(8)11/h3-5,7,14H,6,13H2,1-2H3. The minimum Gasteiger partial charge on any atom is -0.361 e. The van der Waals surface area contributed by atoms with Crippen molar-refractivity contribution in [2.45, 2.75) is 25.8 Å². The number of benzene rings is 1. The van der Waals surface area contributed by atoms with Crippen LogP contribution in [0.25, 0.3) is 10.9 Å². The van der Waals surface area contributed by atoms with Gasteiger partial charge in [-0.25, -0.2) is 0 Å². The van der Waals surface area contributed by atoms with Gasteiger partial charge in [0, 0.05) is 34.8 Å². The van der Waals surface area contributed by atoms with Crippen LogP contribution >= 0.6 is 0 Å². The predicted molar refractivity (Wildman–Crippen MR) is 66.9 cm³/mol. The van der Waals surface area contributed by atoms with Crippen molar-refractivity contribution in [3.8, 4) is 0 Å². The van der Waals surface area contributed by atoms with E-state index in [2.05, 4.69) is 4.98 Å². The van der Waals surface area contributed by atoms with Crippen LogP contribution in [-0.4, -0.2) is 15.4 Å². The van der Waals surface area contributed by atoms with Crippen molar-refractivity contribution in [1.29, 1.82) is 0 Å². The first kappa shape index (κ1) is 11.6. The Bertz CT molecular complexity index is 567. The molecule has 0 amide bonds. The van der Waals surface area contributed by atoms with E-state index in [0.29, 0.717) is 6.42 Å². The Morgan fingerprint density at radius 2 is 2.18 bits per heavy atom. The van der Waals surface area contributed by atoms with Gasteiger partial charge in [0.1, 0.15) is 0 Å². The minimum absolute atomic E-state index is 0.105. The summed E-state index contributed by atoms with van der Waals surface area (Å²) in [4.78, 5) is 13.4. The molecule has 1 heterocycles. The van der Waals surface area contributed by atoms with Gasteiger partial charge in [-0.3, -0.25) is 10.1 Å². The van der Waals surface area contributed by atoms with Crippen molar-refractivity contribution in [1.82, 2.24) is 4.98 Å². The molecule has 0 saturated heterocycles. The van der Waals surface area contributed by atoms with Gasteiger partial charge in [0.2, 0.25) is 0 Å². The molecule has 0 radical (unpaired) electrons. The zero-order valence-corrected chi connectivity index (χ0v) is 9.86. The van der Waals surface area contributed by atoms with E-state index in [4.69, 9.17) is 5.73 Å². The van der Waals surface area contributed by atoms with Gasteiger partial charge in [0.15, 0.2) is 0 Å². The fourth-order valence-electron chi connectivity index (χ4n) is 1.92. The summed E-state index contributed by atoms with van der Waals surface area (Å²) < 4.78 is 0. The molecule has 90 valence electrons. The van der Waals surface area contributed by atoms with Crippen LogP contribution in [0.15, 0.2) is 24.4 Å². The Balaban J connectivity index is 2.50. The van der Waals surface area contributed by atoms with Crippen molar-refractivity contribution < 1.29 is 4.92 Å². The average molecular weight is 233 g/mol. The fourth-order valence-corrected chi connectivity index (χ4v) is 1.92. The SMILES string of the molecule is CC(C)(N)Cc1c[nH]c2ccc([N+](=O)[O-])cc12. The third-order valence-electron chi connectivity index (χ3n) is 2.61. The van der Waals surface area contributed by atoms with Crippen molar-refractivity contribution >= 4 is 16.6 Å². The Hall–Kier alpha value is -1.88. The maximum atomic E-state index is 10.7. The number of nitro groups is 1. The first-order chi connectivity index (χ1) is 7.87. The Morgan fingerprint density at radius 3 is 2.76 bits per heavy atom. The van der Waals surface area contributed by atoms with E-state index >= 15 is 0 Å². The zero-order valence-electron chi connectivity index (χ0n) is 9.86. The molecular weight excluding hydrogens is 218 g/mol. The molecule has 17 heavy (non-hydrogen) atoms. The molecule has 2 aromatic rings. The molecule has 5 nitrogen and oxygen atoms in total. The number of hydrogen-bond acceptors (Lipinski definition) is 3. The van der Waals surface area contributed by atoms with Gasteiger partial charge in [0.05, 0.1) is 4.92 Å². The van der Waals surface area contributed by atoms with E-state index in [0.717, 1.165) is 16.5 Å². The van der Waals surface area contributed by atoms with Crippen LogP contribution in [0.5, 0.6) is 0 Å². The monoisotopic (exact) mass is 233 g/mol. The van der Waals surface area contributed by atoms with Crippen LogP contribution in [0.4, 0.5) is 5.69 Å². The number of nitrogens with one attached hydrogen (secondary N) is 1. The van der Waals surface area contributed by atoms with E-state index in [1.165, 1.54) is 6.07 Å². The number of nitrogens with zero attached hydrogens (tertiary/aromatic N) is 1. The molecule has 1 aromatic heterocycles. The topological polar surface area (TPSA) is 85.0 Å². The van der Waals surface area contributed by atoms with Crippen molar-refractivity contribution in [3.63, 3.8) is 0 Å². The molecule has 0 aliphatic rings. The highest BCUT2D eigenvalue weighted by molar-refractivity contribution is 5.85. The number of nitro benzene ring substituents is 1. The summed E-state index contributed by atoms with van der Waals surface area (Å²) in [6, 6.07) is 4.81. The van der Waals surface area contributed by atoms with E-state index in [1.807, 2.05) is 20.0 Å². The molecular formula is C12H15N3O2. The maximum absolute atomic E-state index is 10.7. The zero-order chi connectivity index (χ0) is 12.6. The molecule has 0 fully saturated rings. The van der Waals surface area contributed by atoms with Crippen LogP contribution in [0.3, 0.4) is 0 Å². The van der Waals surface area contributed by atoms with Gasteiger partial charge in [-0.2, -0.15) is 0 Å². The quantitative estimate of drug-likeness (QED) is 0.630. The normalized spacial score (nSPS) is 11.9. The highest BCUT2D eigenvalue weighted by Gasteiger charge is 2.16. The third-order valence-corrected chi connectivity index (χ3v) is 2.61. The molecule has 0 atom stereocenters. The third kappa shape index (κ3) is 2.45. The molecule has 0 unspecified atom stereocenters. The van der Waals surface area contributed by atoms with Gasteiger partial charge in [-0.05, 0) is 31.9 Å². The lowest BCUT2D eigenvalue weighted by Gasteiger charge is -2.17. The molecule has 0 spiro atoms. The smallest absolute Gasteiger partial charge is 0.270 e. The second kappa shape index (κ2) is 3.85. The molecule has 3 N–H and O–H groups in total. The van der Waals surface area contributed by atoms with Crippen molar-refractivity contribution in [2.24, 2.45) is 5.73 Å². The highest BCUT2D eigenvalue weighted by atomic mass is 16.6. The fraction of sp³-hybridized carbons (Fsp3) is 0.333. The molecule has 0 saturated carbocycles. The number of aromatic nitrogens is 1. The molecule has 1 aromatic carbocycles. The number of fused-ring (bicyclic) bond motifs is 1. The first-order valence-corrected chi connectivity index (χ1v) is 5.40. The minimum atomic E-state index is -0.385. The number of hydrogen-bond donors (Lipinski definition) is 2. The van der Waals surface area contributed by atoms with Gasteiger partial charge >= 0.3 is 0 Å². The Kier molecular flexibility index (Phi) is 2.63. The maximum Gasteiger partial charge on any atom is 0.270 e. The average Bonchev–Trinajstić information content (AvgIpc) is 2.58. The summed E-state index contributed by atoms with van der Waals surface area (Å²) in [6.07, 6.45) is 2.54. The van der Waals surface area contributed by atoms with Crippen molar-refractivity contribution in [3.05, 3.63) is 40.1 Å². The number of H-pyrrole nitrogens is 1. The van der Waals surface area contributed by atoms with E-state index in [9.17, 15) is 10.1 Å². The van der Waals surface area contributed by atoms with Gasteiger partial charge < -0.3 is 10.7 Å². The van der Waals surface area contributed by atoms with Crippen LogP contribution in [-0.2, 0) is 6.42 Å². The molecule has 5 heteroatoms. The lowest BCUT2D eigenvalue weighted by atomic mass is 9.96. The molecule has 0 bridgehead atoms. The second-order valence-corrected chi connectivity index (χ2v) is 4.97. The largest absolute Gasteiger partial charge is 0.361 e. The van der Waals surface area contributed by atoms with E-state index in [1.54, 1.807) is 12.1 Å². The van der Waals surface area contributed by atoms with Crippen LogP contribution in [0.1, 0.15) is 19.4 Å². The molecule has 0 aliphatic heterocycles.